The standard InChI is InChI=1S/C22H22F2N2O5S/c1-29-18-10-14(7-8-17(18)31-22(23)24)16-11-15(19-6-3-9-32-19)25-26(16)20(27)12-30-21(28)13-4-2-5-13/h3,6-10,13,16,22H,2,4-5,11-12H2,1H3. The van der Waals surface area contributed by atoms with Crippen molar-refractivity contribution >= 4 is 28.9 Å². The smallest absolute Gasteiger partial charge is 0.387 e. The molecule has 1 aromatic carbocycles. The van der Waals surface area contributed by atoms with Gasteiger partial charge in [-0.05, 0) is 42.0 Å². The summed E-state index contributed by atoms with van der Waals surface area (Å²) in [5.74, 6) is -0.930. The number of methoxy groups -OCH3 is 1. The number of rotatable bonds is 8. The second kappa shape index (κ2) is 9.64. The van der Waals surface area contributed by atoms with Crippen LogP contribution in [0.25, 0.3) is 0 Å². The van der Waals surface area contributed by atoms with Crippen LogP contribution in [-0.4, -0.2) is 42.9 Å². The number of hydrogen-bond acceptors (Lipinski definition) is 7. The van der Waals surface area contributed by atoms with Gasteiger partial charge in [-0.3, -0.25) is 9.59 Å². The number of carbonyl (C=O) groups excluding carboxylic acids is 2. The van der Waals surface area contributed by atoms with Gasteiger partial charge in [-0.1, -0.05) is 18.6 Å². The Labute approximate surface area is 187 Å². The number of halogens is 2. The van der Waals surface area contributed by atoms with Gasteiger partial charge in [-0.2, -0.15) is 13.9 Å². The largest absolute Gasteiger partial charge is 0.493 e. The average Bonchev–Trinajstić information content (AvgIpc) is 3.40. The number of hydrazone groups is 1. The van der Waals surface area contributed by atoms with E-state index in [9.17, 15) is 18.4 Å². The molecule has 1 aromatic heterocycles. The normalized spacial score (nSPS) is 18.3. The van der Waals surface area contributed by atoms with Gasteiger partial charge in [0.1, 0.15) is 0 Å². The number of alkyl halides is 2. The summed E-state index contributed by atoms with van der Waals surface area (Å²) in [5.41, 5.74) is 1.35. The third-order valence-corrected chi connectivity index (χ3v) is 6.46. The summed E-state index contributed by atoms with van der Waals surface area (Å²) in [6, 6.07) is 7.82. The lowest BCUT2D eigenvalue weighted by molar-refractivity contribution is -0.158. The predicted molar refractivity (Wildman–Crippen MR) is 113 cm³/mol. The molecule has 0 N–H and O–H groups in total. The Morgan fingerprint density at radius 1 is 1.25 bits per heavy atom. The Morgan fingerprint density at radius 2 is 2.06 bits per heavy atom. The lowest BCUT2D eigenvalue weighted by Gasteiger charge is -2.25. The van der Waals surface area contributed by atoms with Crippen molar-refractivity contribution in [1.29, 1.82) is 0 Å². The topological polar surface area (TPSA) is 77.4 Å². The van der Waals surface area contributed by atoms with Crippen molar-refractivity contribution in [1.82, 2.24) is 5.01 Å². The fraction of sp³-hybridized carbons (Fsp3) is 0.409. The molecule has 1 aliphatic carbocycles. The van der Waals surface area contributed by atoms with Crippen LogP contribution in [-0.2, 0) is 14.3 Å². The van der Waals surface area contributed by atoms with Crippen molar-refractivity contribution in [2.24, 2.45) is 11.0 Å². The number of carbonyl (C=O) groups is 2. The van der Waals surface area contributed by atoms with E-state index in [4.69, 9.17) is 9.47 Å². The van der Waals surface area contributed by atoms with Gasteiger partial charge in [0.25, 0.3) is 5.91 Å². The van der Waals surface area contributed by atoms with E-state index in [2.05, 4.69) is 9.84 Å². The van der Waals surface area contributed by atoms with Gasteiger partial charge in [0.15, 0.2) is 18.1 Å². The number of amides is 1. The highest BCUT2D eigenvalue weighted by atomic mass is 32.1. The maximum Gasteiger partial charge on any atom is 0.387 e. The van der Waals surface area contributed by atoms with Crippen molar-refractivity contribution < 1.29 is 32.6 Å². The van der Waals surface area contributed by atoms with Crippen molar-refractivity contribution in [3.05, 3.63) is 46.2 Å². The molecule has 0 saturated heterocycles. The Hall–Kier alpha value is -3.01. The molecule has 32 heavy (non-hydrogen) atoms. The summed E-state index contributed by atoms with van der Waals surface area (Å²) in [6.07, 6.45) is 2.98. The van der Waals surface area contributed by atoms with Gasteiger partial charge in [-0.15, -0.1) is 11.3 Å². The van der Waals surface area contributed by atoms with Gasteiger partial charge in [0.05, 0.1) is 29.7 Å². The number of hydrogen-bond donors (Lipinski definition) is 0. The van der Waals surface area contributed by atoms with Gasteiger partial charge in [0.2, 0.25) is 0 Å². The second-order valence-corrected chi connectivity index (χ2v) is 8.45. The van der Waals surface area contributed by atoms with Crippen LogP contribution in [0.4, 0.5) is 8.78 Å². The van der Waals surface area contributed by atoms with Crippen LogP contribution in [0.2, 0.25) is 0 Å². The lowest BCUT2D eigenvalue weighted by Crippen LogP contribution is -2.33. The fourth-order valence-electron chi connectivity index (χ4n) is 3.64. The first-order chi connectivity index (χ1) is 15.5. The molecule has 1 unspecified atom stereocenters. The third-order valence-electron chi connectivity index (χ3n) is 5.54. The van der Waals surface area contributed by atoms with E-state index < -0.39 is 25.2 Å². The second-order valence-electron chi connectivity index (χ2n) is 7.51. The molecular formula is C22H22F2N2O5S. The van der Waals surface area contributed by atoms with E-state index in [1.165, 1.54) is 29.5 Å². The van der Waals surface area contributed by atoms with E-state index in [0.717, 1.165) is 29.9 Å². The zero-order valence-electron chi connectivity index (χ0n) is 17.3. The molecular weight excluding hydrogens is 442 g/mol. The van der Waals surface area contributed by atoms with Crippen LogP contribution in [0, 0.1) is 5.92 Å². The van der Waals surface area contributed by atoms with Crippen LogP contribution in [0.1, 0.15) is 42.2 Å². The molecule has 10 heteroatoms. The van der Waals surface area contributed by atoms with Gasteiger partial charge >= 0.3 is 12.6 Å². The summed E-state index contributed by atoms with van der Waals surface area (Å²) in [5, 5.41) is 7.71. The average molecular weight is 464 g/mol. The zero-order chi connectivity index (χ0) is 22.7. The third kappa shape index (κ3) is 4.74. The quantitative estimate of drug-likeness (QED) is 0.542. The van der Waals surface area contributed by atoms with Gasteiger partial charge in [0, 0.05) is 6.42 Å². The van der Waals surface area contributed by atoms with Gasteiger partial charge < -0.3 is 14.2 Å². The molecule has 2 aliphatic rings. The molecule has 7 nitrogen and oxygen atoms in total. The van der Waals surface area contributed by atoms with Crippen LogP contribution >= 0.6 is 11.3 Å². The lowest BCUT2D eigenvalue weighted by atomic mass is 9.86. The highest BCUT2D eigenvalue weighted by Crippen LogP contribution is 2.38. The molecule has 1 amide bonds. The van der Waals surface area contributed by atoms with Crippen LogP contribution in [0.3, 0.4) is 0 Å². The number of thiophene rings is 1. The summed E-state index contributed by atoms with van der Waals surface area (Å²) in [4.78, 5) is 25.9. The Bertz CT molecular complexity index is 1010. The maximum atomic E-state index is 12.9. The Kier molecular flexibility index (Phi) is 6.69. The zero-order valence-corrected chi connectivity index (χ0v) is 18.1. The van der Waals surface area contributed by atoms with Crippen LogP contribution < -0.4 is 9.47 Å². The molecule has 4 rings (SSSR count). The molecule has 0 radical (unpaired) electrons. The highest BCUT2D eigenvalue weighted by Gasteiger charge is 2.35. The van der Waals surface area contributed by atoms with Gasteiger partial charge in [-0.25, -0.2) is 5.01 Å². The first kappa shape index (κ1) is 22.2. The van der Waals surface area contributed by atoms with Crippen molar-refractivity contribution in [3.63, 3.8) is 0 Å². The molecule has 1 aliphatic heterocycles. The van der Waals surface area contributed by atoms with E-state index in [0.29, 0.717) is 12.0 Å². The van der Waals surface area contributed by atoms with Crippen molar-refractivity contribution in [2.45, 2.75) is 38.3 Å². The number of benzene rings is 1. The molecule has 2 heterocycles. The van der Waals surface area contributed by atoms with E-state index in [-0.39, 0.29) is 23.4 Å². The summed E-state index contributed by atoms with van der Waals surface area (Å²) < 4.78 is 40.2. The molecule has 1 saturated carbocycles. The van der Waals surface area contributed by atoms with E-state index in [1.807, 2.05) is 17.5 Å². The first-order valence-electron chi connectivity index (χ1n) is 10.2. The number of nitrogens with zero attached hydrogens (tertiary/aromatic N) is 2. The molecule has 1 fully saturated rings. The molecule has 2 aromatic rings. The highest BCUT2D eigenvalue weighted by molar-refractivity contribution is 7.12. The van der Waals surface area contributed by atoms with Crippen molar-refractivity contribution in [2.75, 3.05) is 13.7 Å². The number of ether oxygens (including phenoxy) is 3. The number of esters is 1. The summed E-state index contributed by atoms with van der Waals surface area (Å²) in [7, 11) is 1.35. The minimum atomic E-state index is -2.99. The molecule has 0 bridgehead atoms. The summed E-state index contributed by atoms with van der Waals surface area (Å²) >= 11 is 1.50. The first-order valence-corrected chi connectivity index (χ1v) is 11.1. The molecule has 0 spiro atoms. The molecule has 1 atom stereocenters. The van der Waals surface area contributed by atoms with E-state index >= 15 is 0 Å². The minimum Gasteiger partial charge on any atom is -0.493 e. The predicted octanol–water partition coefficient (Wildman–Crippen LogP) is 4.38. The SMILES string of the molecule is COc1cc(C2CC(c3cccs3)=NN2C(=O)COC(=O)C2CCC2)ccc1OC(F)F. The van der Waals surface area contributed by atoms with Crippen LogP contribution in [0.5, 0.6) is 11.5 Å². The Balaban J connectivity index is 1.56. The van der Waals surface area contributed by atoms with Crippen molar-refractivity contribution in [3.8, 4) is 11.5 Å². The van der Waals surface area contributed by atoms with Crippen LogP contribution in [0.15, 0.2) is 40.8 Å². The summed E-state index contributed by atoms with van der Waals surface area (Å²) in [6.45, 7) is -3.39. The van der Waals surface area contributed by atoms with E-state index in [1.54, 1.807) is 12.1 Å². The molecule has 170 valence electrons. The fourth-order valence-corrected chi connectivity index (χ4v) is 4.36. The maximum absolute atomic E-state index is 12.9. The Morgan fingerprint density at radius 3 is 2.69 bits per heavy atom. The monoisotopic (exact) mass is 464 g/mol. The minimum absolute atomic E-state index is 0.101.